The van der Waals surface area contributed by atoms with Crippen LogP contribution in [0, 0.1) is 5.92 Å². The van der Waals surface area contributed by atoms with Crippen LogP contribution in [0.1, 0.15) is 40.5 Å². The second-order valence-corrected chi connectivity index (χ2v) is 16.5. The summed E-state index contributed by atoms with van der Waals surface area (Å²) in [6.45, 7) is 5.99. The summed E-state index contributed by atoms with van der Waals surface area (Å²) in [5.74, 6) is -0.888. The third-order valence-corrected chi connectivity index (χ3v) is 11.6. The first-order valence-electron chi connectivity index (χ1n) is 15.5. The van der Waals surface area contributed by atoms with Crippen molar-refractivity contribution in [3.8, 4) is 0 Å². The fourth-order valence-corrected chi connectivity index (χ4v) is 9.68. The summed E-state index contributed by atoms with van der Waals surface area (Å²) in [4.78, 5) is 29.2. The summed E-state index contributed by atoms with van der Waals surface area (Å²) >= 11 is 0. The molecule has 0 aliphatic carbocycles. The summed E-state index contributed by atoms with van der Waals surface area (Å²) in [7, 11) is -3.31. The zero-order valence-corrected chi connectivity index (χ0v) is 27.2. The zero-order chi connectivity index (χ0) is 32.6. The van der Waals surface area contributed by atoms with Gasteiger partial charge in [-0.3, -0.25) is 14.3 Å². The van der Waals surface area contributed by atoms with Crippen molar-refractivity contribution in [3.05, 3.63) is 101 Å². The third-order valence-electron chi connectivity index (χ3n) is 9.16. The first kappa shape index (κ1) is 31.6. The molecule has 2 aliphatic heterocycles. The summed E-state index contributed by atoms with van der Waals surface area (Å²) in [6, 6.07) is 21.7. The molecule has 2 aliphatic rings. The van der Waals surface area contributed by atoms with Crippen LogP contribution in [-0.4, -0.2) is 53.0 Å². The van der Waals surface area contributed by atoms with Gasteiger partial charge in [0.2, 0.25) is 8.41 Å². The maximum atomic E-state index is 16.1. The lowest BCUT2D eigenvalue weighted by atomic mass is 9.82. The molecule has 0 unspecified atom stereocenters. The maximum absolute atomic E-state index is 16.1. The number of benzene rings is 3. The average Bonchev–Trinajstić information content (AvgIpc) is 3.67. The molecule has 4 N–H and O–H groups in total. The molecule has 10 nitrogen and oxygen atoms in total. The number of nitrogens with zero attached hydrogens (tertiary/aromatic N) is 4. The minimum atomic E-state index is -3.31. The molecule has 240 valence electrons. The van der Waals surface area contributed by atoms with Crippen molar-refractivity contribution in [2.75, 3.05) is 22.6 Å². The van der Waals surface area contributed by atoms with Gasteiger partial charge in [-0.15, -0.1) is 5.10 Å². The van der Waals surface area contributed by atoms with Crippen molar-refractivity contribution in [3.63, 3.8) is 0 Å². The Morgan fingerprint density at radius 1 is 1.13 bits per heavy atom. The molecular formula is C34H39FN6O4Si. The largest absolute Gasteiger partial charge is 0.399 e. The summed E-state index contributed by atoms with van der Waals surface area (Å²) < 4.78 is 24.6. The highest BCUT2D eigenvalue weighted by atomic mass is 28.4. The highest BCUT2D eigenvalue weighted by Crippen LogP contribution is 2.60. The predicted molar refractivity (Wildman–Crippen MR) is 176 cm³/mol. The van der Waals surface area contributed by atoms with Gasteiger partial charge < -0.3 is 29.9 Å². The molecule has 1 fully saturated rings. The van der Waals surface area contributed by atoms with Crippen molar-refractivity contribution < 1.29 is 23.5 Å². The number of fused-ring (bicyclic) bond motifs is 2. The maximum Gasteiger partial charge on any atom is 0.264 e. The highest BCUT2D eigenvalue weighted by molar-refractivity contribution is 6.72. The van der Waals surface area contributed by atoms with Crippen molar-refractivity contribution in [1.29, 1.82) is 0 Å². The number of aliphatic hydroxyl groups excluding tert-OH is 1. The third kappa shape index (κ3) is 5.83. The van der Waals surface area contributed by atoms with Crippen molar-refractivity contribution in [2.24, 2.45) is 5.92 Å². The highest BCUT2D eigenvalue weighted by Gasteiger charge is 2.66. The summed E-state index contributed by atoms with van der Waals surface area (Å²) in [5, 5.41) is 20.4. The van der Waals surface area contributed by atoms with E-state index in [-0.39, 0.29) is 25.0 Å². The van der Waals surface area contributed by atoms with Gasteiger partial charge in [0.05, 0.1) is 24.0 Å². The number of halogens is 1. The van der Waals surface area contributed by atoms with E-state index in [1.807, 2.05) is 49.4 Å². The molecule has 12 heteroatoms. The normalized spacial score (nSPS) is 22.4. The molecule has 1 spiro atoms. The first-order valence-corrected chi connectivity index (χ1v) is 18.5. The molecule has 4 atom stereocenters. The number of rotatable bonds is 10. The number of nitrogen functional groups attached to an aromatic ring is 1. The molecule has 1 aromatic heterocycles. The van der Waals surface area contributed by atoms with E-state index < -0.39 is 31.6 Å². The van der Waals surface area contributed by atoms with E-state index >= 15 is 4.11 Å². The number of amides is 2. The summed E-state index contributed by atoms with van der Waals surface area (Å²) in [6.07, 6.45) is 2.15. The van der Waals surface area contributed by atoms with Crippen LogP contribution in [0.2, 0.25) is 18.6 Å². The van der Waals surface area contributed by atoms with Crippen LogP contribution in [0.25, 0.3) is 0 Å². The van der Waals surface area contributed by atoms with E-state index in [1.54, 1.807) is 59.2 Å². The fraction of sp³-hybridized carbons (Fsp3) is 0.353. The molecule has 46 heavy (non-hydrogen) atoms. The van der Waals surface area contributed by atoms with Crippen LogP contribution in [0.3, 0.4) is 0 Å². The molecule has 4 aromatic rings. The Morgan fingerprint density at radius 3 is 2.63 bits per heavy atom. The number of carbonyl (C=O) groups is 2. The monoisotopic (exact) mass is 642 g/mol. The predicted octanol–water partition coefficient (Wildman–Crippen LogP) is 5.06. The second kappa shape index (κ2) is 12.4. The molecule has 0 saturated carbocycles. The van der Waals surface area contributed by atoms with E-state index in [2.05, 4.69) is 15.6 Å². The lowest BCUT2D eigenvalue weighted by Crippen LogP contribution is -2.45. The Balaban J connectivity index is 1.26. The Bertz CT molecular complexity index is 1740. The number of aliphatic hydroxyl groups is 1. The standard InChI is InChI=1S/C34H39FN6O4Si/c1-22-31(46(2,3)35)30(15-17-40-21-27(16-18-42)38-39-40)45-34(22)28-9-4-5-10-29(28)41(33(34)44)20-23-7-6-8-26(19-23)37-32(43)24-11-13-25(36)14-12-24/h4-14,19,21-22,30-31,42H,15-18,20,36H2,1-3H3,(H,37,43)/t22-,30+,31-,34+/m0/s1. The topological polar surface area (TPSA) is 136 Å². The second-order valence-electron chi connectivity index (χ2n) is 12.7. The van der Waals surface area contributed by atoms with Crippen molar-refractivity contribution in [1.82, 2.24) is 15.0 Å². The lowest BCUT2D eigenvalue weighted by Gasteiger charge is -2.31. The Labute approximate surface area is 268 Å². The van der Waals surface area contributed by atoms with Crippen molar-refractivity contribution in [2.45, 2.75) is 63.2 Å². The lowest BCUT2D eigenvalue weighted by molar-refractivity contribution is -0.146. The Hall–Kier alpha value is -4.39. The van der Waals surface area contributed by atoms with Crippen LogP contribution >= 0.6 is 0 Å². The first-order chi connectivity index (χ1) is 22.0. The summed E-state index contributed by atoms with van der Waals surface area (Å²) in [5.41, 5.74) is 8.63. The van der Waals surface area contributed by atoms with Gasteiger partial charge in [0.1, 0.15) is 0 Å². The number of aromatic nitrogens is 3. The number of nitrogens with one attached hydrogen (secondary N) is 1. The number of hydrogen-bond donors (Lipinski definition) is 3. The number of hydrogen-bond acceptors (Lipinski definition) is 7. The minimum absolute atomic E-state index is 0.0191. The molecule has 0 radical (unpaired) electrons. The van der Waals surface area contributed by atoms with E-state index in [1.165, 1.54) is 0 Å². The van der Waals surface area contributed by atoms with Gasteiger partial charge in [-0.05, 0) is 67.5 Å². The molecule has 6 rings (SSSR count). The van der Waals surface area contributed by atoms with E-state index in [4.69, 9.17) is 10.5 Å². The quantitative estimate of drug-likeness (QED) is 0.125. The molecule has 0 bridgehead atoms. The molecule has 3 aromatic carbocycles. The van der Waals surface area contributed by atoms with Gasteiger partial charge in [0.25, 0.3) is 11.8 Å². The van der Waals surface area contributed by atoms with E-state index in [0.717, 1.165) is 16.8 Å². The molecule has 1 saturated heterocycles. The van der Waals surface area contributed by atoms with Crippen molar-refractivity contribution >= 4 is 37.3 Å². The van der Waals surface area contributed by atoms with Crippen LogP contribution < -0.4 is 16.0 Å². The smallest absolute Gasteiger partial charge is 0.264 e. The SMILES string of the molecule is C[C@H]1[C@H]([Si](C)(C)F)[C@@H](CCn2cc(CCO)nn2)O[C@]12C(=O)N(Cc1cccc(NC(=O)c3ccc(N)cc3)c1)c1ccccc12. The number of ether oxygens (including phenoxy) is 1. The van der Waals surface area contributed by atoms with Gasteiger partial charge in [0.15, 0.2) is 5.60 Å². The number of nitrogens with two attached hydrogens (primary N) is 1. The Kier molecular flexibility index (Phi) is 8.53. The van der Waals surface area contributed by atoms with Gasteiger partial charge in [-0.25, -0.2) is 0 Å². The Morgan fingerprint density at radius 2 is 1.89 bits per heavy atom. The number of anilines is 3. The average molecular weight is 643 g/mol. The molecular weight excluding hydrogens is 603 g/mol. The van der Waals surface area contributed by atoms with E-state index in [9.17, 15) is 14.7 Å². The van der Waals surface area contributed by atoms with Gasteiger partial charge in [-0.2, -0.15) is 0 Å². The van der Waals surface area contributed by atoms with E-state index in [0.29, 0.717) is 42.0 Å². The minimum Gasteiger partial charge on any atom is -0.399 e. The van der Waals surface area contributed by atoms with Crippen LogP contribution in [0.15, 0.2) is 79.0 Å². The zero-order valence-electron chi connectivity index (χ0n) is 26.2. The number of para-hydroxylation sites is 1. The molecule has 3 heterocycles. The van der Waals surface area contributed by atoms with Crippen LogP contribution in [0.5, 0.6) is 0 Å². The fourth-order valence-electron chi connectivity index (χ4n) is 7.13. The van der Waals surface area contributed by atoms with Gasteiger partial charge in [0, 0.05) is 59.7 Å². The van der Waals surface area contributed by atoms with Gasteiger partial charge >= 0.3 is 0 Å². The molecule has 2 amide bonds. The van der Waals surface area contributed by atoms with Crippen LogP contribution in [-0.2, 0) is 34.6 Å². The number of carbonyl (C=O) groups excluding carboxylic acids is 2. The van der Waals surface area contributed by atoms with Crippen LogP contribution in [0.4, 0.5) is 21.2 Å². The number of aryl methyl sites for hydroxylation is 1. The van der Waals surface area contributed by atoms with Gasteiger partial charge in [-0.1, -0.05) is 42.5 Å².